The van der Waals surface area contributed by atoms with E-state index in [1.165, 1.54) is 24.6 Å². The minimum Gasteiger partial charge on any atom is -0.308 e. The highest BCUT2D eigenvalue weighted by atomic mass is 32.2. The summed E-state index contributed by atoms with van der Waals surface area (Å²) in [5.74, 6) is 2.57. The first-order chi connectivity index (χ1) is 8.36. The number of hydrogen-bond acceptors (Lipinski definition) is 4. The highest BCUT2D eigenvalue weighted by Crippen LogP contribution is 2.09. The van der Waals surface area contributed by atoms with Crippen LogP contribution in [-0.2, 0) is 0 Å². The Morgan fingerprint density at radius 2 is 2.24 bits per heavy atom. The minimum absolute atomic E-state index is 0.343. The minimum atomic E-state index is 0.343. The number of hydrogen-bond donors (Lipinski definition) is 1. The molecule has 1 aromatic rings. The molecule has 1 unspecified atom stereocenters. The standard InChI is InChI=1S/C13H21N3S/c1-12(13-4-2-3-5-15-13)14-6-7-16-8-10-17-11-9-16/h2-5,12,14H,6-11H2,1H3. The molecule has 1 aliphatic rings. The van der Waals surface area contributed by atoms with Crippen LogP contribution in [0.25, 0.3) is 0 Å². The van der Waals surface area contributed by atoms with Crippen molar-refractivity contribution in [2.24, 2.45) is 0 Å². The lowest BCUT2D eigenvalue weighted by molar-refractivity contribution is 0.296. The van der Waals surface area contributed by atoms with Crippen LogP contribution in [-0.4, -0.2) is 47.6 Å². The van der Waals surface area contributed by atoms with Crippen molar-refractivity contribution < 1.29 is 0 Å². The molecule has 1 fully saturated rings. The number of nitrogens with one attached hydrogen (secondary N) is 1. The molecule has 4 heteroatoms. The fourth-order valence-corrected chi connectivity index (χ4v) is 2.98. The Morgan fingerprint density at radius 3 is 2.94 bits per heavy atom. The SMILES string of the molecule is CC(NCCN1CCSCC1)c1ccccn1. The summed E-state index contributed by atoms with van der Waals surface area (Å²) in [5, 5.41) is 3.54. The Morgan fingerprint density at radius 1 is 1.41 bits per heavy atom. The quantitative estimate of drug-likeness (QED) is 0.863. The van der Waals surface area contributed by atoms with Gasteiger partial charge in [-0.2, -0.15) is 11.8 Å². The number of aromatic nitrogens is 1. The largest absolute Gasteiger partial charge is 0.308 e. The van der Waals surface area contributed by atoms with Crippen molar-refractivity contribution in [3.63, 3.8) is 0 Å². The van der Waals surface area contributed by atoms with Gasteiger partial charge < -0.3 is 10.2 Å². The molecule has 0 aliphatic carbocycles. The normalized spacial score (nSPS) is 19.1. The molecular weight excluding hydrogens is 230 g/mol. The second-order valence-electron chi connectivity index (χ2n) is 4.38. The summed E-state index contributed by atoms with van der Waals surface area (Å²) in [4.78, 5) is 6.90. The van der Waals surface area contributed by atoms with Crippen molar-refractivity contribution in [3.05, 3.63) is 30.1 Å². The van der Waals surface area contributed by atoms with Gasteiger partial charge in [0.25, 0.3) is 0 Å². The molecular formula is C13H21N3S. The van der Waals surface area contributed by atoms with Gasteiger partial charge in [-0.25, -0.2) is 0 Å². The second kappa shape index (κ2) is 6.99. The molecule has 0 aromatic carbocycles. The van der Waals surface area contributed by atoms with Gasteiger partial charge in [-0.1, -0.05) is 6.07 Å². The Bertz CT molecular complexity index is 312. The van der Waals surface area contributed by atoms with Crippen LogP contribution in [0.3, 0.4) is 0 Å². The molecule has 1 aliphatic heterocycles. The van der Waals surface area contributed by atoms with Gasteiger partial charge in [0, 0.05) is 49.9 Å². The molecule has 2 heterocycles. The molecule has 0 spiro atoms. The van der Waals surface area contributed by atoms with Gasteiger partial charge in [-0.05, 0) is 19.1 Å². The van der Waals surface area contributed by atoms with Gasteiger partial charge in [-0.15, -0.1) is 0 Å². The summed E-state index contributed by atoms with van der Waals surface area (Å²) in [6, 6.07) is 6.43. The predicted molar refractivity (Wildman–Crippen MR) is 74.4 cm³/mol. The number of nitrogens with zero attached hydrogens (tertiary/aromatic N) is 2. The van der Waals surface area contributed by atoms with E-state index >= 15 is 0 Å². The van der Waals surface area contributed by atoms with Gasteiger partial charge in [0.2, 0.25) is 0 Å². The van der Waals surface area contributed by atoms with Crippen LogP contribution < -0.4 is 5.32 Å². The molecule has 1 aromatic heterocycles. The monoisotopic (exact) mass is 251 g/mol. The first kappa shape index (κ1) is 12.9. The molecule has 1 atom stereocenters. The Kier molecular flexibility index (Phi) is 5.29. The molecule has 3 nitrogen and oxygen atoms in total. The van der Waals surface area contributed by atoms with Crippen LogP contribution in [0, 0.1) is 0 Å². The topological polar surface area (TPSA) is 28.2 Å². The lowest BCUT2D eigenvalue weighted by Gasteiger charge is -2.26. The zero-order chi connectivity index (χ0) is 11.9. The third kappa shape index (κ3) is 4.30. The van der Waals surface area contributed by atoms with Crippen molar-refractivity contribution in [2.75, 3.05) is 37.7 Å². The third-order valence-electron chi connectivity index (χ3n) is 3.11. The van der Waals surface area contributed by atoms with E-state index < -0.39 is 0 Å². The van der Waals surface area contributed by atoms with Crippen LogP contribution in [0.2, 0.25) is 0 Å². The second-order valence-corrected chi connectivity index (χ2v) is 5.61. The van der Waals surface area contributed by atoms with E-state index in [1.807, 2.05) is 18.3 Å². The van der Waals surface area contributed by atoms with Crippen molar-refractivity contribution in [1.82, 2.24) is 15.2 Å². The van der Waals surface area contributed by atoms with Crippen molar-refractivity contribution in [3.8, 4) is 0 Å². The summed E-state index contributed by atoms with van der Waals surface area (Å²) >= 11 is 2.06. The number of thioether (sulfide) groups is 1. The van der Waals surface area contributed by atoms with Gasteiger partial charge in [0.15, 0.2) is 0 Å². The van der Waals surface area contributed by atoms with Gasteiger partial charge >= 0.3 is 0 Å². The van der Waals surface area contributed by atoms with Crippen LogP contribution in [0.15, 0.2) is 24.4 Å². The van der Waals surface area contributed by atoms with Crippen LogP contribution in [0.4, 0.5) is 0 Å². The number of pyridine rings is 1. The van der Waals surface area contributed by atoms with Crippen LogP contribution in [0.5, 0.6) is 0 Å². The first-order valence-electron chi connectivity index (χ1n) is 6.30. The molecule has 0 bridgehead atoms. The lowest BCUT2D eigenvalue weighted by atomic mass is 10.2. The smallest absolute Gasteiger partial charge is 0.0570 e. The summed E-state index contributed by atoms with van der Waals surface area (Å²) in [6.07, 6.45) is 1.86. The van der Waals surface area contributed by atoms with E-state index in [9.17, 15) is 0 Å². The molecule has 0 saturated carbocycles. The van der Waals surface area contributed by atoms with E-state index in [4.69, 9.17) is 0 Å². The maximum absolute atomic E-state index is 4.36. The average Bonchev–Trinajstić information content (AvgIpc) is 2.41. The fraction of sp³-hybridized carbons (Fsp3) is 0.615. The van der Waals surface area contributed by atoms with E-state index in [0.717, 1.165) is 18.8 Å². The summed E-state index contributed by atoms with van der Waals surface area (Å²) in [6.45, 7) is 6.85. The fourth-order valence-electron chi connectivity index (χ4n) is 2.00. The maximum atomic E-state index is 4.36. The first-order valence-corrected chi connectivity index (χ1v) is 7.46. The molecule has 1 saturated heterocycles. The highest BCUT2D eigenvalue weighted by Gasteiger charge is 2.10. The van der Waals surface area contributed by atoms with E-state index in [0.29, 0.717) is 6.04 Å². The average molecular weight is 251 g/mol. The van der Waals surface area contributed by atoms with Crippen molar-refractivity contribution >= 4 is 11.8 Å². The zero-order valence-electron chi connectivity index (χ0n) is 10.4. The van der Waals surface area contributed by atoms with E-state index in [2.05, 4.69) is 40.0 Å². The third-order valence-corrected chi connectivity index (χ3v) is 4.06. The van der Waals surface area contributed by atoms with Gasteiger partial charge in [0.1, 0.15) is 0 Å². The molecule has 94 valence electrons. The van der Waals surface area contributed by atoms with Crippen LogP contribution in [0.1, 0.15) is 18.7 Å². The van der Waals surface area contributed by atoms with Crippen LogP contribution >= 0.6 is 11.8 Å². The van der Waals surface area contributed by atoms with Gasteiger partial charge in [0.05, 0.1) is 5.69 Å². The summed E-state index contributed by atoms with van der Waals surface area (Å²) in [5.41, 5.74) is 1.13. The molecule has 0 amide bonds. The Hall–Kier alpha value is -0.580. The summed E-state index contributed by atoms with van der Waals surface area (Å²) in [7, 11) is 0. The predicted octanol–water partition coefficient (Wildman–Crippen LogP) is 1.78. The Balaban J connectivity index is 1.67. The molecule has 0 radical (unpaired) electrons. The zero-order valence-corrected chi connectivity index (χ0v) is 11.2. The van der Waals surface area contributed by atoms with E-state index in [1.54, 1.807) is 0 Å². The number of rotatable bonds is 5. The maximum Gasteiger partial charge on any atom is 0.0570 e. The van der Waals surface area contributed by atoms with Gasteiger partial charge in [-0.3, -0.25) is 4.98 Å². The summed E-state index contributed by atoms with van der Waals surface area (Å²) < 4.78 is 0. The molecule has 1 N–H and O–H groups in total. The lowest BCUT2D eigenvalue weighted by Crippen LogP contribution is -2.38. The molecule has 17 heavy (non-hydrogen) atoms. The highest BCUT2D eigenvalue weighted by molar-refractivity contribution is 7.99. The van der Waals surface area contributed by atoms with Crippen molar-refractivity contribution in [2.45, 2.75) is 13.0 Å². The van der Waals surface area contributed by atoms with Crippen molar-refractivity contribution in [1.29, 1.82) is 0 Å². The Labute approximate surface area is 108 Å². The van der Waals surface area contributed by atoms with E-state index in [-0.39, 0.29) is 0 Å². The molecule has 2 rings (SSSR count).